The Hall–Kier alpha value is -3.22. The molecule has 2 unspecified atom stereocenters. The van der Waals surface area contributed by atoms with E-state index in [1.807, 2.05) is 55.4 Å². The predicted molar refractivity (Wildman–Crippen MR) is 204 cm³/mol. The van der Waals surface area contributed by atoms with Crippen molar-refractivity contribution in [3.05, 3.63) is 0 Å². The van der Waals surface area contributed by atoms with E-state index in [9.17, 15) is 28.8 Å². The van der Waals surface area contributed by atoms with Crippen molar-refractivity contribution in [3.63, 3.8) is 0 Å². The van der Waals surface area contributed by atoms with E-state index in [1.54, 1.807) is 9.80 Å². The van der Waals surface area contributed by atoms with Crippen molar-refractivity contribution in [2.45, 2.75) is 164 Å². The second-order valence-electron chi connectivity index (χ2n) is 19.8. The zero-order chi connectivity index (χ0) is 39.8. The zero-order valence-electron chi connectivity index (χ0n) is 34.3. The minimum Gasteiger partial charge on any atom is -0.363 e. The Balaban J connectivity index is 1.60. The van der Waals surface area contributed by atoms with Crippen LogP contribution in [-0.2, 0) is 24.0 Å². The predicted octanol–water partition coefficient (Wildman–Crippen LogP) is 3.49. The lowest BCUT2D eigenvalue weighted by Gasteiger charge is -2.54. The number of nitrogens with one attached hydrogen (secondary N) is 4. The summed E-state index contributed by atoms with van der Waals surface area (Å²) in [5, 5.41) is 12.1. The van der Waals surface area contributed by atoms with Gasteiger partial charge in [0.2, 0.25) is 23.5 Å². The van der Waals surface area contributed by atoms with Crippen molar-refractivity contribution in [1.29, 1.82) is 0 Å². The first-order valence-corrected chi connectivity index (χ1v) is 19.9. The fourth-order valence-electron chi connectivity index (χ4n) is 8.88. The quantitative estimate of drug-likeness (QED) is 0.190. The third-order valence-corrected chi connectivity index (χ3v) is 13.2. The van der Waals surface area contributed by atoms with Gasteiger partial charge < -0.3 is 36.8 Å². The number of hydrogen-bond donors (Lipinski definition) is 5. The molecule has 300 valence electrons. The van der Waals surface area contributed by atoms with Crippen molar-refractivity contribution >= 4 is 35.4 Å². The van der Waals surface area contributed by atoms with E-state index in [-0.39, 0.29) is 40.7 Å². The van der Waals surface area contributed by atoms with Crippen LogP contribution in [0.25, 0.3) is 0 Å². The number of nitrogens with two attached hydrogens (primary N) is 1. The Kier molecular flexibility index (Phi) is 12.7. The van der Waals surface area contributed by atoms with Crippen LogP contribution >= 0.6 is 0 Å². The van der Waals surface area contributed by atoms with E-state index in [1.165, 1.54) is 0 Å². The van der Waals surface area contributed by atoms with Crippen molar-refractivity contribution < 1.29 is 28.8 Å². The van der Waals surface area contributed by atoms with E-state index >= 15 is 0 Å². The highest BCUT2D eigenvalue weighted by atomic mass is 16.2. The number of ketones is 1. The fourth-order valence-corrected chi connectivity index (χ4v) is 8.88. The fraction of sp³-hybridized carbons (Fsp3) is 0.850. The van der Waals surface area contributed by atoms with Crippen molar-refractivity contribution in [2.75, 3.05) is 19.6 Å². The molecular formula is C40H69N7O6. The van der Waals surface area contributed by atoms with Gasteiger partial charge in [0.25, 0.3) is 5.91 Å². The van der Waals surface area contributed by atoms with Gasteiger partial charge >= 0.3 is 6.03 Å². The van der Waals surface area contributed by atoms with Gasteiger partial charge in [-0.3, -0.25) is 24.0 Å². The van der Waals surface area contributed by atoms with Crippen LogP contribution in [-0.4, -0.2) is 101 Å². The number of primary amides is 1. The standard InChI is InChI=1S/C40H69N7O6/c1-23-20-46(21-24(2)42-23)34(51)30(37(3,4)5)44-36(53)45-31(38(6,7)8)35(52)47-22-26(39(9,10)40(11)16-13-17-40)19-28(47)33(50)43-27(29(48)32(41)49)18-25-14-12-15-25/h23-28,30-31,42H,12-22H2,1-11H3,(H2,41,49)(H,43,50)(H2,44,45,53)/t23-,24+,26-,27?,28?,30+,31-/m0/s1. The highest BCUT2D eigenvalue weighted by molar-refractivity contribution is 6.37. The molecule has 13 nitrogen and oxygen atoms in total. The van der Waals surface area contributed by atoms with E-state index in [0.29, 0.717) is 32.5 Å². The Morgan fingerprint density at radius 1 is 0.792 bits per heavy atom. The lowest BCUT2D eigenvalue weighted by atomic mass is 9.51. The Morgan fingerprint density at radius 3 is 1.75 bits per heavy atom. The number of nitrogens with zero attached hydrogens (tertiary/aromatic N) is 2. The molecule has 0 radical (unpaired) electrons. The van der Waals surface area contributed by atoms with Crippen molar-refractivity contribution in [3.8, 4) is 0 Å². The molecule has 6 N–H and O–H groups in total. The third kappa shape index (κ3) is 9.54. The van der Waals surface area contributed by atoms with E-state index in [4.69, 9.17) is 5.73 Å². The first-order chi connectivity index (χ1) is 24.4. The first-order valence-electron chi connectivity index (χ1n) is 19.9. The third-order valence-electron chi connectivity index (χ3n) is 13.2. The zero-order valence-corrected chi connectivity index (χ0v) is 34.3. The molecule has 4 aliphatic rings. The summed E-state index contributed by atoms with van der Waals surface area (Å²) in [5.41, 5.74) is 3.85. The summed E-state index contributed by atoms with van der Waals surface area (Å²) in [6.45, 7) is 23.3. The van der Waals surface area contributed by atoms with Crippen LogP contribution in [0.15, 0.2) is 0 Å². The number of likely N-dealkylation sites (tertiary alicyclic amines) is 1. The van der Waals surface area contributed by atoms with E-state index in [2.05, 4.69) is 42.0 Å². The number of urea groups is 1. The summed E-state index contributed by atoms with van der Waals surface area (Å²) in [6, 6.07) is -4.32. The molecular weight excluding hydrogens is 674 g/mol. The number of hydrogen-bond acceptors (Lipinski definition) is 7. The van der Waals surface area contributed by atoms with Crippen LogP contribution in [0.3, 0.4) is 0 Å². The van der Waals surface area contributed by atoms with Crippen LogP contribution in [0.2, 0.25) is 0 Å². The van der Waals surface area contributed by atoms with Crippen LogP contribution in [0.5, 0.6) is 0 Å². The summed E-state index contributed by atoms with van der Waals surface area (Å²) in [6.07, 6.45) is 6.82. The summed E-state index contributed by atoms with van der Waals surface area (Å²) < 4.78 is 0. The molecule has 0 aromatic carbocycles. The van der Waals surface area contributed by atoms with Crippen LogP contribution < -0.4 is 27.0 Å². The van der Waals surface area contributed by atoms with Crippen molar-refractivity contribution in [2.24, 2.45) is 39.2 Å². The highest BCUT2D eigenvalue weighted by Crippen LogP contribution is 2.59. The van der Waals surface area contributed by atoms with Crippen LogP contribution in [0.4, 0.5) is 4.79 Å². The largest absolute Gasteiger partial charge is 0.363 e. The lowest BCUT2D eigenvalue weighted by molar-refractivity contribution is -0.143. The van der Waals surface area contributed by atoms with Gasteiger partial charge in [-0.05, 0) is 73.0 Å². The molecule has 2 aliphatic carbocycles. The minimum absolute atomic E-state index is 0.0365. The summed E-state index contributed by atoms with van der Waals surface area (Å²) in [7, 11) is 0. The second kappa shape index (κ2) is 15.9. The van der Waals surface area contributed by atoms with Gasteiger partial charge in [-0.2, -0.15) is 0 Å². The molecule has 13 heteroatoms. The molecule has 0 aromatic heterocycles. The summed E-state index contributed by atoms with van der Waals surface area (Å²) in [5.74, 6) is -2.84. The number of carbonyl (C=O) groups is 6. The Bertz CT molecular complexity index is 1400. The summed E-state index contributed by atoms with van der Waals surface area (Å²) in [4.78, 5) is 85.2. The average molecular weight is 744 g/mol. The van der Waals surface area contributed by atoms with E-state index < -0.39 is 64.5 Å². The average Bonchev–Trinajstić information content (AvgIpc) is 3.46. The van der Waals surface area contributed by atoms with Crippen LogP contribution in [0.1, 0.15) is 128 Å². The van der Waals surface area contributed by atoms with Gasteiger partial charge in [0.1, 0.15) is 18.1 Å². The minimum atomic E-state index is -1.10. The SMILES string of the molecule is C[C@@H]1CN(C(=O)[C@@H](NC(=O)N[C@@H](C(=O)N2C[C@@H](C(C)(C)C3(C)CCC3)CC2C(=O)NC(CC2CCC2)C(=O)C(N)=O)C(C)(C)C)C(C)(C)C)C[C@H](C)N1. The summed E-state index contributed by atoms with van der Waals surface area (Å²) >= 11 is 0. The Labute approximate surface area is 317 Å². The highest BCUT2D eigenvalue weighted by Gasteiger charge is 2.55. The van der Waals surface area contributed by atoms with Crippen molar-refractivity contribution in [1.82, 2.24) is 31.1 Å². The number of piperazine rings is 1. The number of carbonyl (C=O) groups excluding carboxylic acids is 6. The molecule has 0 aromatic rings. The van der Waals surface area contributed by atoms with Gasteiger partial charge in [0.05, 0.1) is 6.04 Å². The van der Waals surface area contributed by atoms with Gasteiger partial charge in [-0.1, -0.05) is 88.0 Å². The molecule has 4 fully saturated rings. The van der Waals surface area contributed by atoms with Gasteiger partial charge in [-0.25, -0.2) is 4.79 Å². The maximum atomic E-state index is 14.8. The lowest BCUT2D eigenvalue weighted by Crippen LogP contribution is -2.64. The molecule has 4 rings (SSSR count). The normalized spacial score (nSPS) is 26.7. The molecule has 2 heterocycles. The van der Waals surface area contributed by atoms with Gasteiger partial charge in [-0.15, -0.1) is 0 Å². The van der Waals surface area contributed by atoms with Gasteiger partial charge in [0.15, 0.2) is 0 Å². The molecule has 2 saturated heterocycles. The maximum absolute atomic E-state index is 14.8. The number of rotatable bonds is 12. The molecule has 2 saturated carbocycles. The van der Waals surface area contributed by atoms with Gasteiger partial charge in [0, 0.05) is 31.7 Å². The molecule has 0 spiro atoms. The molecule has 2 aliphatic heterocycles. The Morgan fingerprint density at radius 2 is 1.32 bits per heavy atom. The second-order valence-corrected chi connectivity index (χ2v) is 19.8. The molecule has 7 atom stereocenters. The molecule has 53 heavy (non-hydrogen) atoms. The first kappa shape index (κ1) is 42.5. The number of Topliss-reactive ketones (excluding diaryl/α,β-unsaturated/α-hetero) is 1. The molecule has 6 amide bonds. The number of amides is 6. The topological polar surface area (TPSA) is 183 Å². The van der Waals surface area contributed by atoms with Crippen LogP contribution in [0, 0.1) is 33.5 Å². The molecule has 0 bridgehead atoms. The smallest absolute Gasteiger partial charge is 0.316 e. The maximum Gasteiger partial charge on any atom is 0.316 e. The van der Waals surface area contributed by atoms with E-state index in [0.717, 1.165) is 38.5 Å². The monoisotopic (exact) mass is 744 g/mol.